The summed E-state index contributed by atoms with van der Waals surface area (Å²) in [6.45, 7) is 7.93. The maximum atomic E-state index is 5.86. The smallest absolute Gasteiger partial charge is 0.160 e. The van der Waals surface area contributed by atoms with Crippen LogP contribution in [0.3, 0.4) is 0 Å². The Hall–Kier alpha value is -2.41. The van der Waals surface area contributed by atoms with Crippen LogP contribution in [-0.2, 0) is 11.8 Å². The first-order valence-corrected chi connectivity index (χ1v) is 8.27. The van der Waals surface area contributed by atoms with Crippen LogP contribution in [0, 0.1) is 6.92 Å². The summed E-state index contributed by atoms with van der Waals surface area (Å²) in [4.78, 5) is 11.4. The Morgan fingerprint density at radius 3 is 2.58 bits per heavy atom. The van der Waals surface area contributed by atoms with Gasteiger partial charge >= 0.3 is 0 Å². The summed E-state index contributed by atoms with van der Waals surface area (Å²) in [7, 11) is 1.97. The van der Waals surface area contributed by atoms with E-state index in [1.807, 2.05) is 35.3 Å². The van der Waals surface area contributed by atoms with Crippen molar-refractivity contribution in [2.45, 2.75) is 33.0 Å². The van der Waals surface area contributed by atoms with Crippen molar-refractivity contribution in [1.82, 2.24) is 24.1 Å². The molecule has 0 saturated carbocycles. The van der Waals surface area contributed by atoms with Crippen molar-refractivity contribution in [2.75, 3.05) is 18.0 Å². The van der Waals surface area contributed by atoms with E-state index in [1.54, 1.807) is 6.20 Å². The van der Waals surface area contributed by atoms with E-state index in [-0.39, 0.29) is 12.2 Å². The molecule has 0 unspecified atom stereocenters. The Kier molecular flexibility index (Phi) is 3.53. The quantitative estimate of drug-likeness (QED) is 0.721. The minimum atomic E-state index is 0.196. The largest absolute Gasteiger partial charge is 0.372 e. The van der Waals surface area contributed by atoms with Crippen LogP contribution in [0.2, 0.25) is 0 Å². The van der Waals surface area contributed by atoms with Gasteiger partial charge in [0.05, 0.1) is 12.2 Å². The number of anilines is 1. The number of ether oxygens (including phenoxy) is 1. The average molecular weight is 326 g/mol. The summed E-state index contributed by atoms with van der Waals surface area (Å²) in [6.07, 6.45) is 4.10. The fourth-order valence-corrected chi connectivity index (χ4v) is 3.39. The van der Waals surface area contributed by atoms with E-state index >= 15 is 0 Å². The molecule has 0 amide bonds. The molecule has 0 bridgehead atoms. The second-order valence-electron chi connectivity index (χ2n) is 6.58. The zero-order chi connectivity index (χ0) is 16.8. The Morgan fingerprint density at radius 2 is 1.92 bits per heavy atom. The maximum Gasteiger partial charge on any atom is 0.160 e. The third-order valence-corrected chi connectivity index (χ3v) is 4.33. The molecule has 4 heterocycles. The number of nitrogens with zero attached hydrogens (tertiary/aromatic N) is 6. The van der Waals surface area contributed by atoms with Crippen LogP contribution >= 0.6 is 0 Å². The van der Waals surface area contributed by atoms with Crippen molar-refractivity contribution in [3.63, 3.8) is 0 Å². The number of rotatable bonds is 2. The van der Waals surface area contributed by atoms with Crippen LogP contribution < -0.4 is 4.90 Å². The molecule has 1 aliphatic rings. The molecule has 0 spiro atoms. The molecule has 0 aliphatic carbocycles. The van der Waals surface area contributed by atoms with E-state index in [4.69, 9.17) is 9.84 Å². The highest BCUT2D eigenvalue weighted by Gasteiger charge is 2.25. The van der Waals surface area contributed by atoms with Gasteiger partial charge in [-0.15, -0.1) is 0 Å². The zero-order valence-corrected chi connectivity index (χ0v) is 14.5. The summed E-state index contributed by atoms with van der Waals surface area (Å²) < 4.78 is 9.74. The molecule has 2 atom stereocenters. The number of hydrogen-bond acceptors (Lipinski definition) is 5. The van der Waals surface area contributed by atoms with Gasteiger partial charge in [-0.2, -0.15) is 9.61 Å². The van der Waals surface area contributed by atoms with Gasteiger partial charge in [0.25, 0.3) is 0 Å². The van der Waals surface area contributed by atoms with Gasteiger partial charge in [0.15, 0.2) is 11.5 Å². The molecule has 0 N–H and O–H groups in total. The second kappa shape index (κ2) is 5.59. The predicted molar refractivity (Wildman–Crippen MR) is 92.1 cm³/mol. The molecule has 1 saturated heterocycles. The van der Waals surface area contributed by atoms with Crippen molar-refractivity contribution in [3.8, 4) is 11.5 Å². The van der Waals surface area contributed by atoms with Gasteiger partial charge < -0.3 is 14.2 Å². The van der Waals surface area contributed by atoms with E-state index in [2.05, 4.69) is 34.8 Å². The number of aromatic nitrogens is 5. The van der Waals surface area contributed by atoms with E-state index in [0.717, 1.165) is 41.8 Å². The molecule has 24 heavy (non-hydrogen) atoms. The van der Waals surface area contributed by atoms with Crippen LogP contribution in [0.5, 0.6) is 0 Å². The first-order valence-electron chi connectivity index (χ1n) is 8.27. The Balaban J connectivity index is 1.83. The number of hydrogen-bond donors (Lipinski definition) is 0. The van der Waals surface area contributed by atoms with Gasteiger partial charge in [-0.25, -0.2) is 9.97 Å². The lowest BCUT2D eigenvalue weighted by Gasteiger charge is -2.36. The normalized spacial score (nSPS) is 21.6. The number of imidazole rings is 1. The number of morpholine rings is 1. The lowest BCUT2D eigenvalue weighted by atomic mass is 10.2. The van der Waals surface area contributed by atoms with Gasteiger partial charge in [-0.3, -0.25) is 0 Å². The average Bonchev–Trinajstić information content (AvgIpc) is 3.10. The number of fused-ring (bicyclic) bond motifs is 1. The predicted octanol–water partition coefficient (Wildman–Crippen LogP) is 2.05. The van der Waals surface area contributed by atoms with Crippen molar-refractivity contribution >= 4 is 11.5 Å². The first kappa shape index (κ1) is 15.1. The zero-order valence-electron chi connectivity index (χ0n) is 14.5. The minimum absolute atomic E-state index is 0.196. The van der Waals surface area contributed by atoms with Crippen molar-refractivity contribution in [2.24, 2.45) is 7.05 Å². The van der Waals surface area contributed by atoms with E-state index < -0.39 is 0 Å². The lowest BCUT2D eigenvalue weighted by molar-refractivity contribution is -0.00557. The molecular formula is C17H22N6O. The summed E-state index contributed by atoms with van der Waals surface area (Å²) in [5.74, 6) is 1.90. The fraction of sp³-hybridized carbons (Fsp3) is 0.471. The molecule has 7 heteroatoms. The van der Waals surface area contributed by atoms with Crippen LogP contribution in [-0.4, -0.2) is 49.4 Å². The van der Waals surface area contributed by atoms with Crippen LogP contribution in [0.15, 0.2) is 24.5 Å². The number of aryl methyl sites for hydroxylation is 2. The molecule has 3 aromatic rings. The summed E-state index contributed by atoms with van der Waals surface area (Å²) in [6, 6.07) is 4.08. The topological polar surface area (TPSA) is 60.5 Å². The van der Waals surface area contributed by atoms with Crippen molar-refractivity contribution in [1.29, 1.82) is 0 Å². The second-order valence-corrected chi connectivity index (χ2v) is 6.58. The summed E-state index contributed by atoms with van der Waals surface area (Å²) >= 11 is 0. The van der Waals surface area contributed by atoms with Crippen LogP contribution in [0.1, 0.15) is 19.5 Å². The summed E-state index contributed by atoms with van der Waals surface area (Å²) in [5, 5.41) is 4.77. The molecule has 4 rings (SSSR count). The van der Waals surface area contributed by atoms with Crippen LogP contribution in [0.4, 0.5) is 5.82 Å². The molecular weight excluding hydrogens is 304 g/mol. The standard InChI is InChI=1S/C17H22N6O/c1-11-7-16(22-9-12(2)24-13(3)10-22)23-15(19-11)8-14(20-23)17-18-5-6-21(17)4/h5-8,12-13H,9-10H2,1-4H3/t12-,13-/m1/s1. The monoisotopic (exact) mass is 326 g/mol. The SMILES string of the molecule is Cc1cc(N2C[C@@H](C)O[C@H](C)C2)n2nc(-c3nccn3C)cc2n1. The Labute approximate surface area is 140 Å². The molecule has 1 fully saturated rings. The fourth-order valence-electron chi connectivity index (χ4n) is 3.39. The summed E-state index contributed by atoms with van der Waals surface area (Å²) in [5.41, 5.74) is 2.65. The lowest BCUT2D eigenvalue weighted by Crippen LogP contribution is -2.46. The molecule has 0 radical (unpaired) electrons. The van der Waals surface area contributed by atoms with E-state index in [9.17, 15) is 0 Å². The molecule has 0 aromatic carbocycles. The minimum Gasteiger partial charge on any atom is -0.372 e. The van der Waals surface area contributed by atoms with Gasteiger partial charge in [0.1, 0.15) is 11.5 Å². The van der Waals surface area contributed by atoms with Gasteiger partial charge in [-0.1, -0.05) is 0 Å². The highest BCUT2D eigenvalue weighted by Crippen LogP contribution is 2.25. The third-order valence-electron chi connectivity index (χ3n) is 4.33. The van der Waals surface area contributed by atoms with E-state index in [1.165, 1.54) is 0 Å². The van der Waals surface area contributed by atoms with Gasteiger partial charge in [-0.05, 0) is 20.8 Å². The molecule has 3 aromatic heterocycles. The molecule has 1 aliphatic heterocycles. The highest BCUT2D eigenvalue weighted by molar-refractivity contribution is 5.61. The Bertz CT molecular complexity index is 872. The van der Waals surface area contributed by atoms with Crippen LogP contribution in [0.25, 0.3) is 17.2 Å². The third kappa shape index (κ3) is 2.54. The first-order chi connectivity index (χ1) is 11.5. The van der Waals surface area contributed by atoms with Crippen molar-refractivity contribution < 1.29 is 4.74 Å². The molecule has 126 valence electrons. The van der Waals surface area contributed by atoms with Crippen molar-refractivity contribution in [3.05, 3.63) is 30.2 Å². The molecule has 7 nitrogen and oxygen atoms in total. The van der Waals surface area contributed by atoms with E-state index in [0.29, 0.717) is 0 Å². The highest BCUT2D eigenvalue weighted by atomic mass is 16.5. The maximum absolute atomic E-state index is 5.86. The van der Waals surface area contributed by atoms with Gasteiger partial charge in [0, 0.05) is 50.4 Å². The Morgan fingerprint density at radius 1 is 1.17 bits per heavy atom. The van der Waals surface area contributed by atoms with Gasteiger partial charge in [0.2, 0.25) is 0 Å².